The highest BCUT2D eigenvalue weighted by Crippen LogP contribution is 2.40. The standard InChI is InChI=1S/C15H16ClN3O2/c1-3-11-8(2)14(17)19-15(18-11)9-6-10(16)13-12(7-9)20-4-5-21-13/h6-7H,3-5H2,1-2H3,(H2,17,18,19). The Balaban J connectivity index is 2.13. The zero-order valence-corrected chi connectivity index (χ0v) is 12.7. The minimum absolute atomic E-state index is 0.489. The van der Waals surface area contributed by atoms with Crippen molar-refractivity contribution in [3.63, 3.8) is 0 Å². The van der Waals surface area contributed by atoms with E-state index in [1.807, 2.05) is 19.9 Å². The van der Waals surface area contributed by atoms with Crippen molar-refractivity contribution in [2.24, 2.45) is 0 Å². The molecule has 0 unspecified atom stereocenters. The minimum Gasteiger partial charge on any atom is -0.486 e. The van der Waals surface area contributed by atoms with E-state index in [0.717, 1.165) is 23.2 Å². The number of aryl methyl sites for hydroxylation is 1. The first-order chi connectivity index (χ1) is 10.1. The summed E-state index contributed by atoms with van der Waals surface area (Å²) >= 11 is 6.25. The first-order valence-corrected chi connectivity index (χ1v) is 7.20. The number of nitrogen functional groups attached to an aromatic ring is 1. The van der Waals surface area contributed by atoms with Gasteiger partial charge in [0.05, 0.1) is 5.02 Å². The highest BCUT2D eigenvalue weighted by molar-refractivity contribution is 6.32. The molecule has 21 heavy (non-hydrogen) atoms. The van der Waals surface area contributed by atoms with Gasteiger partial charge in [0.25, 0.3) is 0 Å². The van der Waals surface area contributed by atoms with E-state index >= 15 is 0 Å². The highest BCUT2D eigenvalue weighted by Gasteiger charge is 2.19. The molecular weight excluding hydrogens is 290 g/mol. The number of nitrogens with zero attached hydrogens (tertiary/aromatic N) is 2. The van der Waals surface area contributed by atoms with E-state index in [9.17, 15) is 0 Å². The Morgan fingerprint density at radius 2 is 2.00 bits per heavy atom. The summed E-state index contributed by atoms with van der Waals surface area (Å²) < 4.78 is 11.1. The molecule has 0 bridgehead atoms. The Bertz CT molecular complexity index is 704. The summed E-state index contributed by atoms with van der Waals surface area (Å²) in [6, 6.07) is 3.61. The van der Waals surface area contributed by atoms with Crippen molar-refractivity contribution in [2.75, 3.05) is 18.9 Å². The molecule has 0 saturated carbocycles. The van der Waals surface area contributed by atoms with E-state index < -0.39 is 0 Å². The molecule has 0 aliphatic carbocycles. The molecule has 1 aromatic carbocycles. The summed E-state index contributed by atoms with van der Waals surface area (Å²) in [5.41, 5.74) is 8.59. The van der Waals surface area contributed by atoms with E-state index in [1.165, 1.54) is 0 Å². The van der Waals surface area contributed by atoms with Crippen LogP contribution in [0, 0.1) is 6.92 Å². The van der Waals surface area contributed by atoms with Gasteiger partial charge in [-0.25, -0.2) is 9.97 Å². The number of anilines is 1. The van der Waals surface area contributed by atoms with Gasteiger partial charge in [0.2, 0.25) is 0 Å². The number of benzene rings is 1. The first kappa shape index (κ1) is 13.9. The molecule has 0 fully saturated rings. The monoisotopic (exact) mass is 305 g/mol. The fraction of sp³-hybridized carbons (Fsp3) is 0.333. The van der Waals surface area contributed by atoms with Crippen LogP contribution in [0.15, 0.2) is 12.1 Å². The smallest absolute Gasteiger partial charge is 0.179 e. The molecule has 1 aliphatic rings. The van der Waals surface area contributed by atoms with E-state index in [1.54, 1.807) is 6.07 Å². The zero-order chi connectivity index (χ0) is 15.0. The largest absolute Gasteiger partial charge is 0.486 e. The molecule has 2 N–H and O–H groups in total. The van der Waals surface area contributed by atoms with Crippen molar-refractivity contribution in [3.05, 3.63) is 28.4 Å². The lowest BCUT2D eigenvalue weighted by Crippen LogP contribution is -2.15. The normalized spacial score (nSPS) is 13.3. The molecule has 0 spiro atoms. The lowest BCUT2D eigenvalue weighted by atomic mass is 10.1. The average molecular weight is 306 g/mol. The maximum absolute atomic E-state index is 6.25. The van der Waals surface area contributed by atoms with Crippen LogP contribution in [0.4, 0.5) is 5.82 Å². The third-order valence-electron chi connectivity index (χ3n) is 3.47. The first-order valence-electron chi connectivity index (χ1n) is 6.82. The van der Waals surface area contributed by atoms with Crippen LogP contribution in [0.5, 0.6) is 11.5 Å². The van der Waals surface area contributed by atoms with Gasteiger partial charge in [-0.05, 0) is 25.5 Å². The van der Waals surface area contributed by atoms with Crippen LogP contribution in [-0.2, 0) is 6.42 Å². The molecule has 5 nitrogen and oxygen atoms in total. The lowest BCUT2D eigenvalue weighted by molar-refractivity contribution is 0.172. The molecule has 0 atom stereocenters. The number of fused-ring (bicyclic) bond motifs is 1. The number of aromatic nitrogens is 2. The van der Waals surface area contributed by atoms with Crippen molar-refractivity contribution in [3.8, 4) is 22.9 Å². The Morgan fingerprint density at radius 3 is 2.76 bits per heavy atom. The van der Waals surface area contributed by atoms with E-state index in [0.29, 0.717) is 41.4 Å². The van der Waals surface area contributed by atoms with Crippen molar-refractivity contribution in [1.82, 2.24) is 9.97 Å². The Morgan fingerprint density at radius 1 is 1.24 bits per heavy atom. The molecule has 1 aromatic heterocycles. The number of ether oxygens (including phenoxy) is 2. The van der Waals surface area contributed by atoms with Gasteiger partial charge in [-0.1, -0.05) is 18.5 Å². The SMILES string of the molecule is CCc1nc(-c2cc(Cl)c3c(c2)OCCO3)nc(N)c1C. The summed E-state index contributed by atoms with van der Waals surface area (Å²) in [6.07, 6.45) is 0.795. The van der Waals surface area contributed by atoms with Crippen LogP contribution in [-0.4, -0.2) is 23.2 Å². The summed E-state index contributed by atoms with van der Waals surface area (Å²) in [5.74, 6) is 2.23. The molecule has 6 heteroatoms. The van der Waals surface area contributed by atoms with Gasteiger partial charge >= 0.3 is 0 Å². The van der Waals surface area contributed by atoms with Crippen LogP contribution < -0.4 is 15.2 Å². The Kier molecular flexibility index (Phi) is 3.59. The second kappa shape index (κ2) is 5.41. The minimum atomic E-state index is 0.489. The maximum Gasteiger partial charge on any atom is 0.179 e. The molecule has 0 amide bonds. The Labute approximate surface area is 128 Å². The molecule has 0 radical (unpaired) electrons. The molecular formula is C15H16ClN3O2. The summed E-state index contributed by atoms with van der Waals surface area (Å²) in [4.78, 5) is 8.92. The van der Waals surface area contributed by atoms with Crippen molar-refractivity contribution in [2.45, 2.75) is 20.3 Å². The number of halogens is 1. The topological polar surface area (TPSA) is 70.3 Å². The molecule has 2 heterocycles. The van der Waals surface area contributed by atoms with Gasteiger partial charge in [-0.15, -0.1) is 0 Å². The van der Waals surface area contributed by atoms with Gasteiger partial charge in [0.1, 0.15) is 19.0 Å². The zero-order valence-electron chi connectivity index (χ0n) is 11.9. The summed E-state index contributed by atoms with van der Waals surface area (Å²) in [6.45, 7) is 4.97. The maximum atomic E-state index is 6.25. The predicted molar refractivity (Wildman–Crippen MR) is 82.0 cm³/mol. The summed E-state index contributed by atoms with van der Waals surface area (Å²) in [5, 5.41) is 0.489. The second-order valence-corrected chi connectivity index (χ2v) is 5.25. The van der Waals surface area contributed by atoms with Crippen LogP contribution in [0.3, 0.4) is 0 Å². The Hall–Kier alpha value is -2.01. The fourth-order valence-electron chi connectivity index (χ4n) is 2.30. The van der Waals surface area contributed by atoms with Crippen molar-refractivity contribution in [1.29, 1.82) is 0 Å². The third kappa shape index (κ3) is 2.49. The van der Waals surface area contributed by atoms with Gasteiger partial charge < -0.3 is 15.2 Å². The number of nitrogens with two attached hydrogens (primary N) is 1. The molecule has 2 aromatic rings. The van der Waals surface area contributed by atoms with Crippen molar-refractivity contribution >= 4 is 17.4 Å². The molecule has 3 rings (SSSR count). The quantitative estimate of drug-likeness (QED) is 0.923. The number of hydrogen-bond donors (Lipinski definition) is 1. The highest BCUT2D eigenvalue weighted by atomic mass is 35.5. The van der Waals surface area contributed by atoms with E-state index in [4.69, 9.17) is 26.8 Å². The molecule has 1 aliphatic heterocycles. The van der Waals surface area contributed by atoms with Gasteiger partial charge in [0.15, 0.2) is 17.3 Å². The molecule has 0 saturated heterocycles. The van der Waals surface area contributed by atoms with E-state index in [-0.39, 0.29) is 0 Å². The van der Waals surface area contributed by atoms with Gasteiger partial charge in [0, 0.05) is 16.8 Å². The van der Waals surface area contributed by atoms with Crippen LogP contribution in [0.25, 0.3) is 11.4 Å². The number of hydrogen-bond acceptors (Lipinski definition) is 5. The fourth-order valence-corrected chi connectivity index (χ4v) is 2.56. The second-order valence-electron chi connectivity index (χ2n) is 4.84. The van der Waals surface area contributed by atoms with Crippen LogP contribution in [0.1, 0.15) is 18.2 Å². The third-order valence-corrected chi connectivity index (χ3v) is 3.75. The average Bonchev–Trinajstić information content (AvgIpc) is 2.50. The van der Waals surface area contributed by atoms with Crippen molar-refractivity contribution < 1.29 is 9.47 Å². The van der Waals surface area contributed by atoms with Crippen LogP contribution >= 0.6 is 11.6 Å². The van der Waals surface area contributed by atoms with Gasteiger partial charge in [-0.2, -0.15) is 0 Å². The molecule has 110 valence electrons. The van der Waals surface area contributed by atoms with Gasteiger partial charge in [-0.3, -0.25) is 0 Å². The predicted octanol–water partition coefficient (Wildman–Crippen LogP) is 3.02. The summed E-state index contributed by atoms with van der Waals surface area (Å²) in [7, 11) is 0. The van der Waals surface area contributed by atoms with Crippen LogP contribution in [0.2, 0.25) is 5.02 Å². The lowest BCUT2D eigenvalue weighted by Gasteiger charge is -2.20. The number of rotatable bonds is 2. The van der Waals surface area contributed by atoms with E-state index in [2.05, 4.69) is 9.97 Å².